The molecule has 2 aromatic carbocycles. The zero-order chi connectivity index (χ0) is 20.4. The Bertz CT molecular complexity index is 986. The Kier molecular flexibility index (Phi) is 6.04. The summed E-state index contributed by atoms with van der Waals surface area (Å²) in [5.41, 5.74) is 3.31. The number of likely N-dealkylation sites (tertiary alicyclic amines) is 1. The molecule has 5 heteroatoms. The highest BCUT2D eigenvalue weighted by molar-refractivity contribution is 6.30. The third-order valence-electron chi connectivity index (χ3n) is 5.48. The fourth-order valence-electron chi connectivity index (χ4n) is 4.17. The number of ether oxygens (including phenoxy) is 1. The number of benzene rings is 2. The minimum absolute atomic E-state index is 0.104. The molecular weight excluding hydrogens is 384 g/mol. The van der Waals surface area contributed by atoms with Gasteiger partial charge >= 0.3 is 0 Å². The van der Waals surface area contributed by atoms with Gasteiger partial charge in [0.25, 0.3) is 0 Å². The van der Waals surface area contributed by atoms with Crippen LogP contribution in [0.25, 0.3) is 10.9 Å². The van der Waals surface area contributed by atoms with E-state index in [9.17, 15) is 5.11 Å². The average Bonchev–Trinajstić information content (AvgIpc) is 3.03. The molecule has 2 unspecified atom stereocenters. The van der Waals surface area contributed by atoms with Gasteiger partial charge in [-0.2, -0.15) is 0 Å². The van der Waals surface area contributed by atoms with Crippen LogP contribution >= 0.6 is 11.6 Å². The second-order valence-corrected chi connectivity index (χ2v) is 8.57. The Morgan fingerprint density at radius 2 is 1.97 bits per heavy atom. The molecule has 1 N–H and O–H groups in total. The van der Waals surface area contributed by atoms with Gasteiger partial charge in [0.05, 0.1) is 17.7 Å². The molecule has 0 aliphatic carbocycles. The van der Waals surface area contributed by atoms with E-state index in [2.05, 4.69) is 22.0 Å². The van der Waals surface area contributed by atoms with Crippen LogP contribution in [-0.4, -0.2) is 40.3 Å². The van der Waals surface area contributed by atoms with Gasteiger partial charge in [-0.05, 0) is 56.2 Å². The number of aliphatic hydroxyl groups excluding tert-OH is 1. The molecule has 4 rings (SSSR count). The van der Waals surface area contributed by atoms with E-state index in [-0.39, 0.29) is 18.1 Å². The Morgan fingerprint density at radius 3 is 2.79 bits per heavy atom. The number of pyridine rings is 1. The van der Waals surface area contributed by atoms with Gasteiger partial charge in [0.15, 0.2) is 0 Å². The number of rotatable bonds is 6. The van der Waals surface area contributed by atoms with E-state index in [4.69, 9.17) is 16.3 Å². The third-order valence-corrected chi connectivity index (χ3v) is 5.72. The lowest BCUT2D eigenvalue weighted by atomic mass is 9.94. The summed E-state index contributed by atoms with van der Waals surface area (Å²) >= 11 is 6.23. The van der Waals surface area contributed by atoms with E-state index in [1.54, 1.807) is 0 Å². The normalized spacial score (nSPS) is 19.9. The molecule has 2 heterocycles. The molecule has 1 saturated heterocycles. The van der Waals surface area contributed by atoms with E-state index in [1.165, 1.54) is 10.9 Å². The topological polar surface area (TPSA) is 45.6 Å². The molecular formula is C24H27ClN2O2. The molecule has 3 aromatic rings. The molecule has 0 bridgehead atoms. The molecule has 1 aliphatic heterocycles. The lowest BCUT2D eigenvalue weighted by Gasteiger charge is -2.20. The molecule has 1 aliphatic rings. The van der Waals surface area contributed by atoms with Crippen LogP contribution in [0.15, 0.2) is 54.7 Å². The van der Waals surface area contributed by atoms with Crippen molar-refractivity contribution in [2.24, 2.45) is 5.92 Å². The quantitative estimate of drug-likeness (QED) is 0.639. The van der Waals surface area contributed by atoms with Gasteiger partial charge in [0, 0.05) is 47.7 Å². The van der Waals surface area contributed by atoms with E-state index in [1.807, 2.05) is 56.4 Å². The van der Waals surface area contributed by atoms with E-state index in [0.29, 0.717) is 18.1 Å². The van der Waals surface area contributed by atoms with Gasteiger partial charge in [0.1, 0.15) is 5.75 Å². The molecule has 1 fully saturated rings. The van der Waals surface area contributed by atoms with Gasteiger partial charge in [-0.3, -0.25) is 9.88 Å². The summed E-state index contributed by atoms with van der Waals surface area (Å²) in [4.78, 5) is 6.74. The summed E-state index contributed by atoms with van der Waals surface area (Å²) in [7, 11) is 0. The predicted octanol–water partition coefficient (Wildman–Crippen LogP) is 4.71. The summed E-state index contributed by atoms with van der Waals surface area (Å²) in [6.45, 7) is 6.25. The Morgan fingerprint density at radius 1 is 1.14 bits per heavy atom. The predicted molar refractivity (Wildman–Crippen MR) is 117 cm³/mol. The first-order valence-corrected chi connectivity index (χ1v) is 10.6. The number of aliphatic hydroxyl groups is 1. The fourth-order valence-corrected chi connectivity index (χ4v) is 4.36. The van der Waals surface area contributed by atoms with E-state index < -0.39 is 0 Å². The summed E-state index contributed by atoms with van der Waals surface area (Å²) in [6, 6.07) is 16.0. The van der Waals surface area contributed by atoms with Crippen LogP contribution in [0.5, 0.6) is 5.75 Å². The van der Waals surface area contributed by atoms with Crippen molar-refractivity contribution in [1.82, 2.24) is 9.88 Å². The first kappa shape index (κ1) is 20.1. The number of halogens is 1. The Balaban J connectivity index is 1.49. The second kappa shape index (κ2) is 8.70. The third kappa shape index (κ3) is 4.72. The highest BCUT2D eigenvalue weighted by atomic mass is 35.5. The summed E-state index contributed by atoms with van der Waals surface area (Å²) in [5, 5.41) is 12.6. The van der Waals surface area contributed by atoms with Crippen molar-refractivity contribution in [3.05, 3.63) is 70.9 Å². The van der Waals surface area contributed by atoms with E-state index >= 15 is 0 Å². The first-order valence-electron chi connectivity index (χ1n) is 10.2. The largest absolute Gasteiger partial charge is 0.491 e. The van der Waals surface area contributed by atoms with Crippen molar-refractivity contribution in [3.63, 3.8) is 0 Å². The number of hydrogen-bond donors (Lipinski definition) is 1. The molecule has 0 amide bonds. The second-order valence-electron chi connectivity index (χ2n) is 8.13. The molecule has 4 nitrogen and oxygen atoms in total. The number of β-amino-alcohol motifs (C(OH)–C–C–N with tert-alkyl or cyclic N) is 1. The van der Waals surface area contributed by atoms with Crippen LogP contribution in [0.4, 0.5) is 0 Å². The minimum Gasteiger partial charge on any atom is -0.491 e. The zero-order valence-electron chi connectivity index (χ0n) is 16.9. The number of fused-ring (bicyclic) bond motifs is 1. The zero-order valence-corrected chi connectivity index (χ0v) is 17.6. The van der Waals surface area contributed by atoms with Gasteiger partial charge in [0.2, 0.25) is 0 Å². The maximum absolute atomic E-state index is 10.7. The molecule has 0 saturated carbocycles. The van der Waals surface area contributed by atoms with Gasteiger partial charge in [-0.1, -0.05) is 29.8 Å². The van der Waals surface area contributed by atoms with Crippen molar-refractivity contribution in [3.8, 4) is 5.75 Å². The van der Waals surface area contributed by atoms with Crippen LogP contribution in [0.2, 0.25) is 5.02 Å². The SMILES string of the molecule is CC(C)Oc1ccc(Cl)cc1CN1CC(O)C(Cc2ccnc3ccccc23)C1. The monoisotopic (exact) mass is 410 g/mol. The maximum atomic E-state index is 10.7. The van der Waals surface area contributed by atoms with Crippen molar-refractivity contribution >= 4 is 22.5 Å². The van der Waals surface area contributed by atoms with Crippen molar-refractivity contribution < 1.29 is 9.84 Å². The molecule has 29 heavy (non-hydrogen) atoms. The standard InChI is InChI=1S/C24H27ClN2O2/c1-16(2)29-24-8-7-20(25)12-19(24)14-27-13-18(23(28)15-27)11-17-9-10-26-22-6-4-3-5-21(17)22/h3-10,12,16,18,23,28H,11,13-15H2,1-2H3. The smallest absolute Gasteiger partial charge is 0.124 e. The molecule has 2 atom stereocenters. The van der Waals surface area contributed by atoms with E-state index in [0.717, 1.165) is 29.8 Å². The van der Waals surface area contributed by atoms with Gasteiger partial charge < -0.3 is 9.84 Å². The maximum Gasteiger partial charge on any atom is 0.124 e. The highest BCUT2D eigenvalue weighted by Crippen LogP contribution is 2.30. The first-order chi connectivity index (χ1) is 14.0. The van der Waals surface area contributed by atoms with Gasteiger partial charge in [-0.25, -0.2) is 0 Å². The molecule has 0 spiro atoms. The Labute approximate surface area is 177 Å². The van der Waals surface area contributed by atoms with Crippen molar-refractivity contribution in [2.45, 2.75) is 39.0 Å². The van der Waals surface area contributed by atoms with Crippen molar-refractivity contribution in [1.29, 1.82) is 0 Å². The summed E-state index contributed by atoms with van der Waals surface area (Å²) in [6.07, 6.45) is 2.45. The lowest BCUT2D eigenvalue weighted by molar-refractivity contribution is 0.141. The summed E-state index contributed by atoms with van der Waals surface area (Å²) in [5.74, 6) is 1.05. The van der Waals surface area contributed by atoms with Crippen LogP contribution in [0.1, 0.15) is 25.0 Å². The molecule has 152 valence electrons. The molecule has 0 radical (unpaired) electrons. The highest BCUT2D eigenvalue weighted by Gasteiger charge is 2.32. The average molecular weight is 411 g/mol. The van der Waals surface area contributed by atoms with Crippen LogP contribution < -0.4 is 4.74 Å². The lowest BCUT2D eigenvalue weighted by Crippen LogP contribution is -2.22. The number of hydrogen-bond acceptors (Lipinski definition) is 4. The Hall–Kier alpha value is -2.14. The number of aromatic nitrogens is 1. The van der Waals surface area contributed by atoms with Crippen LogP contribution in [0.3, 0.4) is 0 Å². The number of nitrogens with zero attached hydrogens (tertiary/aromatic N) is 2. The fraction of sp³-hybridized carbons (Fsp3) is 0.375. The van der Waals surface area contributed by atoms with Crippen LogP contribution in [-0.2, 0) is 13.0 Å². The van der Waals surface area contributed by atoms with Crippen molar-refractivity contribution in [2.75, 3.05) is 13.1 Å². The molecule has 1 aromatic heterocycles. The van der Waals surface area contributed by atoms with Crippen LogP contribution in [0, 0.1) is 5.92 Å². The number of para-hydroxylation sites is 1. The summed E-state index contributed by atoms with van der Waals surface area (Å²) < 4.78 is 5.95. The van der Waals surface area contributed by atoms with Gasteiger partial charge in [-0.15, -0.1) is 0 Å². The minimum atomic E-state index is -0.351.